The van der Waals surface area contributed by atoms with Crippen LogP contribution in [-0.2, 0) is 11.3 Å². The summed E-state index contributed by atoms with van der Waals surface area (Å²) in [6.45, 7) is 1.95. The molecule has 114 valence electrons. The number of rotatable bonds is 3. The predicted molar refractivity (Wildman–Crippen MR) is 84.5 cm³/mol. The van der Waals surface area contributed by atoms with Crippen molar-refractivity contribution in [1.29, 1.82) is 0 Å². The van der Waals surface area contributed by atoms with Gasteiger partial charge in [0.2, 0.25) is 5.91 Å². The highest BCUT2D eigenvalue weighted by molar-refractivity contribution is 5.95. The summed E-state index contributed by atoms with van der Waals surface area (Å²) in [5.41, 5.74) is 2.25. The number of benzene rings is 1. The zero-order chi connectivity index (χ0) is 14.9. The molecule has 1 amide bonds. The van der Waals surface area contributed by atoms with Gasteiger partial charge in [0, 0.05) is 36.8 Å². The minimum atomic E-state index is 0.262. The molecule has 0 N–H and O–H groups in total. The Kier molecular flexibility index (Phi) is 3.47. The molecule has 2 atom stereocenters. The molecule has 0 unspecified atom stereocenters. The van der Waals surface area contributed by atoms with Crippen LogP contribution in [0.1, 0.15) is 24.8 Å². The highest BCUT2D eigenvalue weighted by atomic mass is 16.3. The van der Waals surface area contributed by atoms with Crippen LogP contribution in [0.5, 0.6) is 0 Å². The van der Waals surface area contributed by atoms with Gasteiger partial charge in [-0.1, -0.05) is 18.2 Å². The second-order valence-electron chi connectivity index (χ2n) is 6.16. The van der Waals surface area contributed by atoms with Gasteiger partial charge in [-0.3, -0.25) is 9.69 Å². The third kappa shape index (κ3) is 2.33. The van der Waals surface area contributed by atoms with E-state index in [1.807, 2.05) is 47.6 Å². The molecule has 0 spiro atoms. The molecule has 2 aliphatic rings. The van der Waals surface area contributed by atoms with Gasteiger partial charge in [0.1, 0.15) is 0 Å². The first-order valence-electron chi connectivity index (χ1n) is 7.95. The molecule has 22 heavy (non-hydrogen) atoms. The lowest BCUT2D eigenvalue weighted by molar-refractivity contribution is -0.120. The van der Waals surface area contributed by atoms with Crippen LogP contribution in [0, 0.1) is 0 Å². The molecule has 0 radical (unpaired) electrons. The fourth-order valence-corrected chi connectivity index (χ4v) is 3.89. The molecule has 2 fully saturated rings. The first-order chi connectivity index (χ1) is 10.8. The van der Waals surface area contributed by atoms with Gasteiger partial charge in [0.15, 0.2) is 0 Å². The van der Waals surface area contributed by atoms with Crippen molar-refractivity contribution in [3.8, 4) is 0 Å². The summed E-state index contributed by atoms with van der Waals surface area (Å²) in [6, 6.07) is 12.9. The number of furan rings is 1. The predicted octanol–water partition coefficient (Wildman–Crippen LogP) is 3.05. The van der Waals surface area contributed by atoms with Crippen LogP contribution in [-0.4, -0.2) is 29.4 Å². The molecular formula is C18H20N2O2. The Morgan fingerprint density at radius 1 is 1.09 bits per heavy atom. The van der Waals surface area contributed by atoms with Crippen molar-refractivity contribution in [2.75, 3.05) is 11.4 Å². The zero-order valence-electron chi connectivity index (χ0n) is 12.5. The maximum atomic E-state index is 12.5. The van der Waals surface area contributed by atoms with Crippen LogP contribution in [0.25, 0.3) is 0 Å². The van der Waals surface area contributed by atoms with E-state index in [1.165, 1.54) is 5.56 Å². The van der Waals surface area contributed by atoms with Gasteiger partial charge in [-0.25, -0.2) is 0 Å². The molecule has 1 aromatic heterocycles. The number of piperidine rings is 1. The molecule has 0 bridgehead atoms. The van der Waals surface area contributed by atoms with Crippen molar-refractivity contribution in [3.05, 3.63) is 54.5 Å². The lowest BCUT2D eigenvalue weighted by Crippen LogP contribution is -2.52. The van der Waals surface area contributed by atoms with Crippen LogP contribution < -0.4 is 4.90 Å². The molecular weight excluding hydrogens is 276 g/mol. The number of nitrogens with zero attached hydrogens (tertiary/aromatic N) is 2. The van der Waals surface area contributed by atoms with E-state index in [-0.39, 0.29) is 5.91 Å². The van der Waals surface area contributed by atoms with Crippen molar-refractivity contribution in [3.63, 3.8) is 0 Å². The Morgan fingerprint density at radius 2 is 1.95 bits per heavy atom. The van der Waals surface area contributed by atoms with Gasteiger partial charge in [-0.05, 0) is 31.0 Å². The Hall–Kier alpha value is -2.07. The molecule has 2 aliphatic heterocycles. The fourth-order valence-electron chi connectivity index (χ4n) is 3.89. The Morgan fingerprint density at radius 3 is 2.73 bits per heavy atom. The van der Waals surface area contributed by atoms with Crippen molar-refractivity contribution < 1.29 is 9.21 Å². The number of amides is 1. The summed E-state index contributed by atoms with van der Waals surface area (Å²) in [5, 5.41) is 0. The Bertz CT molecular complexity index is 638. The van der Waals surface area contributed by atoms with Gasteiger partial charge < -0.3 is 9.32 Å². The summed E-state index contributed by atoms with van der Waals surface area (Å²) < 4.78 is 5.18. The summed E-state index contributed by atoms with van der Waals surface area (Å²) in [4.78, 5) is 17.0. The summed E-state index contributed by atoms with van der Waals surface area (Å²) in [6.07, 6.45) is 6.19. The number of likely N-dealkylation sites (tertiary alicyclic amines) is 1. The van der Waals surface area contributed by atoms with E-state index in [9.17, 15) is 4.79 Å². The number of anilines is 1. The summed E-state index contributed by atoms with van der Waals surface area (Å²) >= 11 is 0. The lowest BCUT2D eigenvalue weighted by atomic mass is 9.95. The average molecular weight is 296 g/mol. The van der Waals surface area contributed by atoms with Crippen LogP contribution in [0.15, 0.2) is 53.3 Å². The molecule has 2 aromatic rings. The van der Waals surface area contributed by atoms with Crippen LogP contribution in [0.4, 0.5) is 5.69 Å². The van der Waals surface area contributed by atoms with E-state index in [0.717, 1.165) is 31.6 Å². The minimum absolute atomic E-state index is 0.262. The van der Waals surface area contributed by atoms with E-state index < -0.39 is 0 Å². The number of fused-ring (bicyclic) bond motifs is 1. The second kappa shape index (κ2) is 5.61. The SMILES string of the molecule is O=C1CC[C@@H]2[C@@H](CCN2Cc2ccoc2)N1c1ccccc1. The number of carbonyl (C=O) groups is 1. The third-order valence-electron chi connectivity index (χ3n) is 4.88. The number of hydrogen-bond acceptors (Lipinski definition) is 3. The fraction of sp³-hybridized carbons (Fsp3) is 0.389. The second-order valence-corrected chi connectivity index (χ2v) is 6.16. The largest absolute Gasteiger partial charge is 0.472 e. The molecule has 0 saturated carbocycles. The zero-order valence-corrected chi connectivity index (χ0v) is 12.5. The Balaban J connectivity index is 1.57. The molecule has 2 saturated heterocycles. The molecule has 4 nitrogen and oxygen atoms in total. The van der Waals surface area contributed by atoms with Gasteiger partial charge in [0.05, 0.1) is 18.6 Å². The van der Waals surface area contributed by atoms with Gasteiger partial charge in [-0.15, -0.1) is 0 Å². The molecule has 4 rings (SSSR count). The smallest absolute Gasteiger partial charge is 0.227 e. The van der Waals surface area contributed by atoms with Crippen molar-refractivity contribution >= 4 is 11.6 Å². The number of carbonyl (C=O) groups excluding carboxylic acids is 1. The minimum Gasteiger partial charge on any atom is -0.472 e. The van der Waals surface area contributed by atoms with E-state index in [0.29, 0.717) is 18.5 Å². The maximum absolute atomic E-state index is 12.5. The van der Waals surface area contributed by atoms with Crippen molar-refractivity contribution in [1.82, 2.24) is 4.90 Å². The van der Waals surface area contributed by atoms with Gasteiger partial charge >= 0.3 is 0 Å². The van der Waals surface area contributed by atoms with Crippen LogP contribution in [0.3, 0.4) is 0 Å². The van der Waals surface area contributed by atoms with Crippen molar-refractivity contribution in [2.24, 2.45) is 0 Å². The first-order valence-corrected chi connectivity index (χ1v) is 7.95. The third-order valence-corrected chi connectivity index (χ3v) is 4.88. The molecule has 1 aromatic carbocycles. The maximum Gasteiger partial charge on any atom is 0.227 e. The van der Waals surface area contributed by atoms with Crippen molar-refractivity contribution in [2.45, 2.75) is 37.9 Å². The van der Waals surface area contributed by atoms with Gasteiger partial charge in [0.25, 0.3) is 0 Å². The molecule has 4 heteroatoms. The first kappa shape index (κ1) is 13.6. The topological polar surface area (TPSA) is 36.7 Å². The standard InChI is InChI=1S/C18H20N2O2/c21-18-7-6-16-17(20(18)15-4-2-1-3-5-15)8-10-19(16)12-14-9-11-22-13-14/h1-5,9,11,13,16-17H,6-8,10,12H2/t16-,17-/m1/s1. The highest BCUT2D eigenvalue weighted by Crippen LogP contribution is 2.35. The van der Waals surface area contributed by atoms with E-state index in [1.54, 1.807) is 6.26 Å². The molecule has 3 heterocycles. The summed E-state index contributed by atoms with van der Waals surface area (Å²) in [7, 11) is 0. The van der Waals surface area contributed by atoms with E-state index in [2.05, 4.69) is 4.90 Å². The molecule has 0 aliphatic carbocycles. The quantitative estimate of drug-likeness (QED) is 0.873. The normalized spacial score (nSPS) is 25.5. The number of hydrogen-bond donors (Lipinski definition) is 0. The highest BCUT2D eigenvalue weighted by Gasteiger charge is 2.43. The van der Waals surface area contributed by atoms with Gasteiger partial charge in [-0.2, -0.15) is 0 Å². The summed E-state index contributed by atoms with van der Waals surface area (Å²) in [5.74, 6) is 0.262. The van der Waals surface area contributed by atoms with Crippen LogP contribution >= 0.6 is 0 Å². The van der Waals surface area contributed by atoms with Crippen LogP contribution in [0.2, 0.25) is 0 Å². The lowest BCUT2D eigenvalue weighted by Gasteiger charge is -2.39. The Labute approximate surface area is 130 Å². The monoisotopic (exact) mass is 296 g/mol. The average Bonchev–Trinajstić information content (AvgIpc) is 3.19. The number of para-hydroxylation sites is 1. The van der Waals surface area contributed by atoms with E-state index >= 15 is 0 Å². The van der Waals surface area contributed by atoms with E-state index in [4.69, 9.17) is 4.42 Å².